The predicted molar refractivity (Wildman–Crippen MR) is 141 cm³/mol. The van der Waals surface area contributed by atoms with Gasteiger partial charge in [0.05, 0.1) is 19.5 Å². The van der Waals surface area contributed by atoms with E-state index in [-0.39, 0.29) is 23.8 Å². The molecule has 0 bridgehead atoms. The van der Waals surface area contributed by atoms with Gasteiger partial charge in [-0.2, -0.15) is 0 Å². The minimum atomic E-state index is -3.33. The molecule has 0 aliphatic carbocycles. The van der Waals surface area contributed by atoms with Gasteiger partial charge in [0.25, 0.3) is 0 Å². The summed E-state index contributed by atoms with van der Waals surface area (Å²) in [6.45, 7) is 8.06. The van der Waals surface area contributed by atoms with E-state index in [1.54, 1.807) is 0 Å². The molecule has 0 radical (unpaired) electrons. The molecule has 3 aliphatic heterocycles. The molecule has 3 fully saturated rings. The second-order valence-electron chi connectivity index (χ2n) is 10.7. The fraction of sp³-hybridized carbons (Fsp3) is 0.731. The Kier molecular flexibility index (Phi) is 10.2. The largest absolute Gasteiger partial charge is 0.379 e. The molecule has 2 N–H and O–H groups in total. The van der Waals surface area contributed by atoms with E-state index in [0.717, 1.165) is 77.3 Å². The summed E-state index contributed by atoms with van der Waals surface area (Å²) >= 11 is 0. The highest BCUT2D eigenvalue weighted by Gasteiger charge is 2.35. The van der Waals surface area contributed by atoms with Crippen LogP contribution in [0, 0.1) is 17.7 Å². The SMILES string of the molecule is CS(=O)(=O)N1CC[C@@H](CN2CCC[C@@H](Cc3ccc(F)cc3)C2)[C@@H](NC(=O)NCCN2CCOCC2)C1. The summed E-state index contributed by atoms with van der Waals surface area (Å²) in [5.41, 5.74) is 1.16. The first-order valence-corrected chi connectivity index (χ1v) is 15.4. The van der Waals surface area contributed by atoms with Gasteiger partial charge in [-0.3, -0.25) is 4.90 Å². The van der Waals surface area contributed by atoms with E-state index < -0.39 is 10.0 Å². The van der Waals surface area contributed by atoms with Gasteiger partial charge in [-0.25, -0.2) is 21.9 Å². The number of sulfonamides is 1. The quantitative estimate of drug-likeness (QED) is 0.492. The summed E-state index contributed by atoms with van der Waals surface area (Å²) in [4.78, 5) is 17.5. The van der Waals surface area contributed by atoms with E-state index in [1.807, 2.05) is 12.1 Å². The van der Waals surface area contributed by atoms with Crippen molar-refractivity contribution < 1.29 is 22.3 Å². The number of hydrogen-bond acceptors (Lipinski definition) is 6. The number of nitrogens with zero attached hydrogens (tertiary/aromatic N) is 3. The third-order valence-electron chi connectivity index (χ3n) is 7.85. The van der Waals surface area contributed by atoms with Gasteiger partial charge < -0.3 is 20.3 Å². The Morgan fingerprint density at radius 1 is 1.05 bits per heavy atom. The van der Waals surface area contributed by atoms with Crippen LogP contribution in [0.2, 0.25) is 0 Å². The first-order valence-electron chi connectivity index (χ1n) is 13.5. The first kappa shape index (κ1) is 28.2. The van der Waals surface area contributed by atoms with Crippen molar-refractivity contribution in [2.24, 2.45) is 11.8 Å². The zero-order valence-electron chi connectivity index (χ0n) is 21.9. The van der Waals surface area contributed by atoms with Gasteiger partial charge >= 0.3 is 6.03 Å². The smallest absolute Gasteiger partial charge is 0.315 e. The highest BCUT2D eigenvalue weighted by Crippen LogP contribution is 2.26. The second-order valence-corrected chi connectivity index (χ2v) is 12.7. The van der Waals surface area contributed by atoms with E-state index in [0.29, 0.717) is 32.0 Å². The number of halogens is 1. The van der Waals surface area contributed by atoms with Crippen LogP contribution < -0.4 is 10.6 Å². The van der Waals surface area contributed by atoms with Crippen molar-refractivity contribution in [3.8, 4) is 0 Å². The lowest BCUT2D eigenvalue weighted by Gasteiger charge is -2.41. The first-order chi connectivity index (χ1) is 17.8. The van der Waals surface area contributed by atoms with Gasteiger partial charge in [0, 0.05) is 58.4 Å². The molecule has 4 rings (SSSR count). The molecule has 3 atom stereocenters. The number of morpholine rings is 1. The lowest BCUT2D eigenvalue weighted by atomic mass is 9.88. The third kappa shape index (κ3) is 8.88. The number of rotatable bonds is 9. The van der Waals surface area contributed by atoms with Crippen molar-refractivity contribution >= 4 is 16.1 Å². The summed E-state index contributed by atoms with van der Waals surface area (Å²) in [7, 11) is -3.33. The summed E-state index contributed by atoms with van der Waals surface area (Å²) in [6.07, 6.45) is 5.13. The standard InChI is InChI=1S/C26H42FN5O4S/c1-37(34,35)32-11-8-23(25(20-32)29-26(33)28-9-12-30-13-15-36-16-14-30)19-31-10-2-3-22(18-31)17-21-4-6-24(27)7-5-21/h4-7,22-23,25H,2-3,8-20H2,1H3,(H2,28,29,33)/t22-,23-,25-/m0/s1. The minimum absolute atomic E-state index is 0.174. The summed E-state index contributed by atoms with van der Waals surface area (Å²) in [5.74, 6) is 0.468. The molecule has 37 heavy (non-hydrogen) atoms. The number of carbonyl (C=O) groups excluding carboxylic acids is 1. The van der Waals surface area contributed by atoms with Crippen molar-refractivity contribution in [1.29, 1.82) is 0 Å². The van der Waals surface area contributed by atoms with Crippen LogP contribution in [0.3, 0.4) is 0 Å². The van der Waals surface area contributed by atoms with Crippen molar-refractivity contribution in [2.75, 3.05) is 78.4 Å². The lowest BCUT2D eigenvalue weighted by molar-refractivity contribution is 0.0387. The van der Waals surface area contributed by atoms with Gasteiger partial charge in [-0.15, -0.1) is 0 Å². The molecular formula is C26H42FN5O4S. The fourth-order valence-electron chi connectivity index (χ4n) is 5.79. The molecule has 3 heterocycles. The number of benzene rings is 1. The topological polar surface area (TPSA) is 94.2 Å². The molecule has 2 amide bonds. The van der Waals surface area contributed by atoms with Crippen molar-refractivity contribution in [3.63, 3.8) is 0 Å². The maximum atomic E-state index is 13.3. The maximum Gasteiger partial charge on any atom is 0.315 e. The Hall–Kier alpha value is -1.79. The van der Waals surface area contributed by atoms with Crippen LogP contribution in [-0.4, -0.2) is 113 Å². The van der Waals surface area contributed by atoms with Gasteiger partial charge in [0.2, 0.25) is 10.0 Å². The van der Waals surface area contributed by atoms with Crippen LogP contribution in [0.4, 0.5) is 9.18 Å². The van der Waals surface area contributed by atoms with E-state index in [2.05, 4.69) is 20.4 Å². The molecule has 0 aromatic heterocycles. The third-order valence-corrected chi connectivity index (χ3v) is 9.12. The van der Waals surface area contributed by atoms with Gasteiger partial charge in [0.15, 0.2) is 0 Å². The highest BCUT2D eigenvalue weighted by molar-refractivity contribution is 7.88. The van der Waals surface area contributed by atoms with E-state index >= 15 is 0 Å². The summed E-state index contributed by atoms with van der Waals surface area (Å²) < 4.78 is 44.6. The molecular weight excluding hydrogens is 497 g/mol. The number of ether oxygens (including phenoxy) is 1. The monoisotopic (exact) mass is 539 g/mol. The van der Waals surface area contributed by atoms with Crippen molar-refractivity contribution in [1.82, 2.24) is 24.7 Å². The number of piperidine rings is 2. The molecule has 0 saturated carbocycles. The Labute approximate surface area is 220 Å². The van der Waals surface area contributed by atoms with Crippen LogP contribution in [0.5, 0.6) is 0 Å². The number of urea groups is 1. The zero-order valence-corrected chi connectivity index (χ0v) is 22.7. The van der Waals surface area contributed by atoms with Gasteiger partial charge in [0.1, 0.15) is 5.82 Å². The van der Waals surface area contributed by atoms with Gasteiger partial charge in [-0.05, 0) is 61.8 Å². The van der Waals surface area contributed by atoms with E-state index in [4.69, 9.17) is 4.74 Å². The van der Waals surface area contributed by atoms with Crippen LogP contribution in [0.15, 0.2) is 24.3 Å². The highest BCUT2D eigenvalue weighted by atomic mass is 32.2. The molecule has 208 valence electrons. The molecule has 11 heteroatoms. The number of amides is 2. The molecule has 0 unspecified atom stereocenters. The normalized spacial score (nSPS) is 26.6. The lowest BCUT2D eigenvalue weighted by Crippen LogP contribution is -2.58. The fourth-order valence-corrected chi connectivity index (χ4v) is 6.66. The second kappa shape index (κ2) is 13.3. The molecule has 3 aliphatic rings. The Balaban J connectivity index is 1.31. The van der Waals surface area contributed by atoms with Crippen molar-refractivity contribution in [2.45, 2.75) is 31.7 Å². The Bertz CT molecular complexity index is 974. The Morgan fingerprint density at radius 3 is 2.54 bits per heavy atom. The van der Waals surface area contributed by atoms with Crippen LogP contribution in [-0.2, 0) is 21.2 Å². The van der Waals surface area contributed by atoms with Crippen LogP contribution in [0.1, 0.15) is 24.8 Å². The summed E-state index contributed by atoms with van der Waals surface area (Å²) in [6, 6.07) is 6.29. The maximum absolute atomic E-state index is 13.3. The molecule has 1 aromatic rings. The molecule has 0 spiro atoms. The van der Waals surface area contributed by atoms with E-state index in [9.17, 15) is 17.6 Å². The average molecular weight is 540 g/mol. The molecule has 1 aromatic carbocycles. The average Bonchev–Trinajstić information content (AvgIpc) is 2.87. The number of carbonyl (C=O) groups is 1. The van der Waals surface area contributed by atoms with Crippen LogP contribution >= 0.6 is 0 Å². The zero-order chi connectivity index (χ0) is 26.3. The van der Waals surface area contributed by atoms with E-state index in [1.165, 1.54) is 22.7 Å². The molecule has 9 nitrogen and oxygen atoms in total. The van der Waals surface area contributed by atoms with Gasteiger partial charge in [-0.1, -0.05) is 12.1 Å². The number of nitrogens with one attached hydrogen (secondary N) is 2. The summed E-state index contributed by atoms with van der Waals surface area (Å²) in [5, 5.41) is 6.05. The Morgan fingerprint density at radius 2 is 1.81 bits per heavy atom. The molecule has 3 saturated heterocycles. The number of hydrogen-bond donors (Lipinski definition) is 2. The predicted octanol–water partition coefficient (Wildman–Crippen LogP) is 1.36. The van der Waals surface area contributed by atoms with Crippen molar-refractivity contribution in [3.05, 3.63) is 35.6 Å². The van der Waals surface area contributed by atoms with Crippen LogP contribution in [0.25, 0.3) is 0 Å². The minimum Gasteiger partial charge on any atom is -0.379 e. The number of likely N-dealkylation sites (tertiary alicyclic amines) is 1.